The van der Waals surface area contributed by atoms with Gasteiger partial charge < -0.3 is 10.4 Å². The highest BCUT2D eigenvalue weighted by Crippen LogP contribution is 2.26. The summed E-state index contributed by atoms with van der Waals surface area (Å²) in [5.41, 5.74) is 1.24. The van der Waals surface area contributed by atoms with Crippen molar-refractivity contribution in [3.8, 4) is 0 Å². The number of aliphatic hydroxyl groups excluding tert-OH is 1. The van der Waals surface area contributed by atoms with E-state index in [1.54, 1.807) is 11.8 Å². The Morgan fingerprint density at radius 1 is 1.47 bits per heavy atom. The fourth-order valence-electron chi connectivity index (χ4n) is 1.22. The highest BCUT2D eigenvalue weighted by atomic mass is 35.5. The molecule has 15 heavy (non-hydrogen) atoms. The molecule has 0 amide bonds. The van der Waals surface area contributed by atoms with E-state index in [4.69, 9.17) is 16.7 Å². The van der Waals surface area contributed by atoms with Gasteiger partial charge >= 0.3 is 0 Å². The Kier molecular flexibility index (Phi) is 6.10. The van der Waals surface area contributed by atoms with E-state index in [-0.39, 0.29) is 6.61 Å². The normalized spacial score (nSPS) is 10.6. The van der Waals surface area contributed by atoms with Gasteiger partial charge in [0.05, 0.1) is 6.61 Å². The fourth-order valence-corrected chi connectivity index (χ4v) is 2.31. The summed E-state index contributed by atoms with van der Waals surface area (Å²) in [7, 11) is 0. The largest absolute Gasteiger partial charge is 0.396 e. The van der Waals surface area contributed by atoms with Crippen LogP contribution >= 0.6 is 23.4 Å². The molecule has 2 N–H and O–H groups in total. The Bertz CT molecular complexity index is 307. The van der Waals surface area contributed by atoms with E-state index in [9.17, 15) is 0 Å². The Morgan fingerprint density at radius 2 is 2.27 bits per heavy atom. The summed E-state index contributed by atoms with van der Waals surface area (Å²) < 4.78 is 0. The molecule has 2 nitrogen and oxygen atoms in total. The van der Waals surface area contributed by atoms with Gasteiger partial charge in [0.15, 0.2) is 0 Å². The van der Waals surface area contributed by atoms with Gasteiger partial charge in [0, 0.05) is 22.2 Å². The Hall–Kier alpha value is -0.220. The lowest BCUT2D eigenvalue weighted by atomic mass is 10.2. The first-order valence-electron chi connectivity index (χ1n) is 5.00. The second kappa shape index (κ2) is 7.12. The molecule has 0 saturated carbocycles. The van der Waals surface area contributed by atoms with E-state index in [1.165, 1.54) is 5.56 Å². The molecular formula is C11H16ClNOS. The third kappa shape index (κ3) is 4.43. The van der Waals surface area contributed by atoms with Gasteiger partial charge in [0.25, 0.3) is 0 Å². The van der Waals surface area contributed by atoms with Crippen LogP contribution in [0.15, 0.2) is 23.1 Å². The molecule has 0 heterocycles. The van der Waals surface area contributed by atoms with Gasteiger partial charge in [-0.1, -0.05) is 24.6 Å². The molecule has 0 atom stereocenters. The van der Waals surface area contributed by atoms with Crippen LogP contribution in [0.2, 0.25) is 5.02 Å². The number of nitrogens with one attached hydrogen (secondary N) is 1. The number of benzene rings is 1. The van der Waals surface area contributed by atoms with Crippen LogP contribution in [0.4, 0.5) is 0 Å². The summed E-state index contributed by atoms with van der Waals surface area (Å²) in [5.74, 6) is 0.708. The van der Waals surface area contributed by atoms with Crippen molar-refractivity contribution < 1.29 is 5.11 Å². The van der Waals surface area contributed by atoms with E-state index < -0.39 is 0 Å². The van der Waals surface area contributed by atoms with Gasteiger partial charge in [-0.25, -0.2) is 0 Å². The molecule has 0 fully saturated rings. The van der Waals surface area contributed by atoms with Crippen molar-refractivity contribution in [3.63, 3.8) is 0 Å². The molecule has 0 aromatic heterocycles. The zero-order chi connectivity index (χ0) is 11.1. The van der Waals surface area contributed by atoms with Crippen LogP contribution in [-0.4, -0.2) is 24.0 Å². The van der Waals surface area contributed by atoms with Crippen molar-refractivity contribution in [2.75, 3.05) is 18.9 Å². The summed E-state index contributed by atoms with van der Waals surface area (Å²) >= 11 is 7.57. The fraction of sp³-hybridized carbons (Fsp3) is 0.455. The van der Waals surface area contributed by atoms with Crippen molar-refractivity contribution in [1.82, 2.24) is 5.32 Å². The van der Waals surface area contributed by atoms with Crippen LogP contribution in [0.3, 0.4) is 0 Å². The molecule has 1 aromatic carbocycles. The minimum atomic E-state index is 0.192. The van der Waals surface area contributed by atoms with Crippen molar-refractivity contribution in [2.45, 2.75) is 18.4 Å². The first-order chi connectivity index (χ1) is 7.27. The first-order valence-corrected chi connectivity index (χ1v) is 6.37. The zero-order valence-electron chi connectivity index (χ0n) is 8.79. The van der Waals surface area contributed by atoms with Crippen LogP contribution in [-0.2, 0) is 6.54 Å². The van der Waals surface area contributed by atoms with E-state index in [0.29, 0.717) is 5.75 Å². The SMILES string of the molecule is CCNCc1ccc(Cl)cc1SCCO. The van der Waals surface area contributed by atoms with E-state index >= 15 is 0 Å². The molecule has 1 rings (SSSR count). The molecule has 84 valence electrons. The predicted octanol–water partition coefficient (Wildman–Crippen LogP) is 2.53. The van der Waals surface area contributed by atoms with Crippen LogP contribution < -0.4 is 5.32 Å². The molecule has 0 aliphatic carbocycles. The number of rotatable bonds is 6. The number of thioether (sulfide) groups is 1. The molecule has 0 bridgehead atoms. The van der Waals surface area contributed by atoms with Crippen LogP contribution in [0.25, 0.3) is 0 Å². The molecule has 0 aliphatic rings. The standard InChI is InChI=1S/C11H16ClNOS/c1-2-13-8-9-3-4-10(12)7-11(9)15-6-5-14/h3-4,7,13-14H,2,5-6,8H2,1H3. The second-order valence-electron chi connectivity index (χ2n) is 3.10. The maximum Gasteiger partial charge on any atom is 0.0525 e. The average Bonchev–Trinajstić information content (AvgIpc) is 2.25. The topological polar surface area (TPSA) is 32.3 Å². The third-order valence-electron chi connectivity index (χ3n) is 1.94. The molecule has 0 spiro atoms. The number of hydrogen-bond acceptors (Lipinski definition) is 3. The Morgan fingerprint density at radius 3 is 2.93 bits per heavy atom. The van der Waals surface area contributed by atoms with Gasteiger partial charge in [-0.15, -0.1) is 11.8 Å². The van der Waals surface area contributed by atoms with Crippen molar-refractivity contribution >= 4 is 23.4 Å². The van der Waals surface area contributed by atoms with Crippen LogP contribution in [0.1, 0.15) is 12.5 Å². The molecule has 1 aromatic rings. The quantitative estimate of drug-likeness (QED) is 0.756. The summed E-state index contributed by atoms with van der Waals surface area (Å²) in [6.07, 6.45) is 0. The van der Waals surface area contributed by atoms with Crippen molar-refractivity contribution in [3.05, 3.63) is 28.8 Å². The lowest BCUT2D eigenvalue weighted by Gasteiger charge is -2.09. The Balaban J connectivity index is 2.73. The van der Waals surface area contributed by atoms with Gasteiger partial charge in [-0.05, 0) is 24.2 Å². The smallest absolute Gasteiger partial charge is 0.0525 e. The molecule has 0 aliphatic heterocycles. The minimum absolute atomic E-state index is 0.192. The van der Waals surface area contributed by atoms with Gasteiger partial charge in [0.1, 0.15) is 0 Å². The monoisotopic (exact) mass is 245 g/mol. The number of aliphatic hydroxyl groups is 1. The molecule has 4 heteroatoms. The van der Waals surface area contributed by atoms with E-state index in [1.807, 2.05) is 18.2 Å². The van der Waals surface area contributed by atoms with Gasteiger partial charge in [-0.3, -0.25) is 0 Å². The summed E-state index contributed by atoms with van der Waals surface area (Å²) in [6, 6.07) is 5.89. The molecule has 0 radical (unpaired) electrons. The Labute approximate surface area is 100 Å². The average molecular weight is 246 g/mol. The molecular weight excluding hydrogens is 230 g/mol. The number of hydrogen-bond donors (Lipinski definition) is 2. The van der Waals surface area contributed by atoms with Gasteiger partial charge in [0.2, 0.25) is 0 Å². The summed E-state index contributed by atoms with van der Waals surface area (Å²) in [4.78, 5) is 1.15. The summed E-state index contributed by atoms with van der Waals surface area (Å²) in [5, 5.41) is 12.8. The third-order valence-corrected chi connectivity index (χ3v) is 3.26. The van der Waals surface area contributed by atoms with Crippen LogP contribution in [0.5, 0.6) is 0 Å². The van der Waals surface area contributed by atoms with E-state index in [2.05, 4.69) is 12.2 Å². The number of halogens is 1. The minimum Gasteiger partial charge on any atom is -0.396 e. The lowest BCUT2D eigenvalue weighted by molar-refractivity contribution is 0.322. The summed E-state index contributed by atoms with van der Waals surface area (Å²) in [6.45, 7) is 4.07. The van der Waals surface area contributed by atoms with Crippen molar-refractivity contribution in [1.29, 1.82) is 0 Å². The zero-order valence-corrected chi connectivity index (χ0v) is 10.4. The lowest BCUT2D eigenvalue weighted by Crippen LogP contribution is -2.12. The van der Waals surface area contributed by atoms with Gasteiger partial charge in [-0.2, -0.15) is 0 Å². The first kappa shape index (κ1) is 12.8. The maximum atomic E-state index is 8.79. The highest BCUT2D eigenvalue weighted by molar-refractivity contribution is 7.99. The van der Waals surface area contributed by atoms with Crippen LogP contribution in [0, 0.1) is 0 Å². The molecule has 0 unspecified atom stereocenters. The second-order valence-corrected chi connectivity index (χ2v) is 4.68. The maximum absolute atomic E-state index is 8.79. The molecule has 0 saturated heterocycles. The van der Waals surface area contributed by atoms with E-state index in [0.717, 1.165) is 23.0 Å². The highest BCUT2D eigenvalue weighted by Gasteiger charge is 2.03. The predicted molar refractivity (Wildman–Crippen MR) is 66.6 cm³/mol. The van der Waals surface area contributed by atoms with Crippen molar-refractivity contribution in [2.24, 2.45) is 0 Å².